The van der Waals surface area contributed by atoms with Crippen molar-refractivity contribution in [1.29, 1.82) is 0 Å². The number of aromatic hydroxyl groups is 1. The van der Waals surface area contributed by atoms with E-state index in [2.05, 4.69) is 0 Å². The molecule has 0 saturated heterocycles. The van der Waals surface area contributed by atoms with E-state index in [0.29, 0.717) is 0 Å². The number of rotatable bonds is 2. The van der Waals surface area contributed by atoms with Crippen molar-refractivity contribution in [3.8, 4) is 16.9 Å². The fourth-order valence-corrected chi connectivity index (χ4v) is 1.72. The molecule has 0 spiro atoms. The van der Waals surface area contributed by atoms with E-state index in [4.69, 9.17) is 5.11 Å². The molecule has 0 unspecified atom stereocenters. The molecular formula is C14H12O3. The zero-order valence-electron chi connectivity index (χ0n) is 9.34. The molecule has 0 saturated carbocycles. The first-order chi connectivity index (χ1) is 8.08. The molecule has 2 aromatic carbocycles. The lowest BCUT2D eigenvalue weighted by atomic mass is 10.00. The van der Waals surface area contributed by atoms with Gasteiger partial charge in [-0.2, -0.15) is 0 Å². The Morgan fingerprint density at radius 1 is 1.06 bits per heavy atom. The summed E-state index contributed by atoms with van der Waals surface area (Å²) in [5.74, 6) is -0.774. The molecular weight excluding hydrogens is 216 g/mol. The minimum Gasteiger partial charge on any atom is -0.508 e. The summed E-state index contributed by atoms with van der Waals surface area (Å²) in [5, 5.41) is 18.4. The molecule has 86 valence electrons. The highest BCUT2D eigenvalue weighted by Gasteiger charge is 2.08. The normalized spacial score (nSPS) is 10.2. The molecule has 0 aliphatic rings. The summed E-state index contributed by atoms with van der Waals surface area (Å²) >= 11 is 0. The van der Waals surface area contributed by atoms with Crippen molar-refractivity contribution in [2.45, 2.75) is 6.92 Å². The van der Waals surface area contributed by atoms with Gasteiger partial charge in [-0.05, 0) is 41.8 Å². The molecule has 0 aromatic heterocycles. The Hall–Kier alpha value is -2.29. The van der Waals surface area contributed by atoms with Crippen LogP contribution < -0.4 is 0 Å². The molecule has 2 N–H and O–H groups in total. The smallest absolute Gasteiger partial charge is 0.335 e. The first-order valence-corrected chi connectivity index (χ1v) is 5.21. The molecule has 3 heteroatoms. The Kier molecular flexibility index (Phi) is 2.83. The van der Waals surface area contributed by atoms with Crippen molar-refractivity contribution in [1.82, 2.24) is 0 Å². The number of carboxylic acid groups (broad SMARTS) is 1. The van der Waals surface area contributed by atoms with Gasteiger partial charge in [0.05, 0.1) is 5.56 Å². The molecule has 0 heterocycles. The largest absolute Gasteiger partial charge is 0.508 e. The van der Waals surface area contributed by atoms with E-state index in [1.54, 1.807) is 37.3 Å². The fourth-order valence-electron chi connectivity index (χ4n) is 1.72. The Balaban J connectivity index is 2.54. The maximum atomic E-state index is 11.0. The number of aryl methyl sites for hydroxylation is 1. The minimum absolute atomic E-state index is 0.167. The maximum Gasteiger partial charge on any atom is 0.335 e. The molecule has 0 atom stereocenters. The van der Waals surface area contributed by atoms with E-state index in [9.17, 15) is 9.90 Å². The summed E-state index contributed by atoms with van der Waals surface area (Å²) in [6, 6.07) is 12.0. The number of aromatic carboxylic acids is 1. The van der Waals surface area contributed by atoms with Crippen LogP contribution in [-0.2, 0) is 0 Å². The fraction of sp³-hybridized carbons (Fsp3) is 0.0714. The van der Waals surface area contributed by atoms with Crippen molar-refractivity contribution >= 4 is 5.97 Å². The lowest BCUT2D eigenvalue weighted by molar-refractivity contribution is 0.0696. The monoisotopic (exact) mass is 228 g/mol. The van der Waals surface area contributed by atoms with Gasteiger partial charge in [0.2, 0.25) is 0 Å². The van der Waals surface area contributed by atoms with E-state index < -0.39 is 5.97 Å². The number of benzene rings is 2. The van der Waals surface area contributed by atoms with Crippen LogP contribution >= 0.6 is 0 Å². The van der Waals surface area contributed by atoms with Crippen LogP contribution in [0, 0.1) is 6.92 Å². The molecule has 2 aromatic rings. The Morgan fingerprint density at radius 2 is 1.76 bits per heavy atom. The highest BCUT2D eigenvalue weighted by atomic mass is 16.4. The highest BCUT2D eigenvalue weighted by Crippen LogP contribution is 2.25. The Labute approximate surface area is 99.0 Å². The van der Waals surface area contributed by atoms with Gasteiger partial charge in [-0.3, -0.25) is 0 Å². The van der Waals surface area contributed by atoms with E-state index in [1.807, 2.05) is 12.1 Å². The SMILES string of the molecule is Cc1ccc(-c2cccc(O)c2)cc1C(=O)O. The molecule has 0 amide bonds. The van der Waals surface area contributed by atoms with Gasteiger partial charge in [0.1, 0.15) is 5.75 Å². The van der Waals surface area contributed by atoms with Crippen molar-refractivity contribution in [3.63, 3.8) is 0 Å². The Morgan fingerprint density at radius 3 is 2.41 bits per heavy atom. The third kappa shape index (κ3) is 2.28. The maximum absolute atomic E-state index is 11.0. The van der Waals surface area contributed by atoms with E-state index in [1.165, 1.54) is 0 Å². The van der Waals surface area contributed by atoms with Crippen molar-refractivity contribution < 1.29 is 15.0 Å². The summed E-state index contributed by atoms with van der Waals surface area (Å²) in [6.45, 7) is 1.76. The lowest BCUT2D eigenvalue weighted by Gasteiger charge is -2.06. The molecule has 0 aliphatic heterocycles. The number of carboxylic acids is 1. The molecule has 0 bridgehead atoms. The second-order valence-corrected chi connectivity index (χ2v) is 3.89. The second-order valence-electron chi connectivity index (χ2n) is 3.89. The molecule has 0 fully saturated rings. The molecule has 17 heavy (non-hydrogen) atoms. The standard InChI is InChI=1S/C14H12O3/c1-9-5-6-11(8-13(9)14(16)17)10-3-2-4-12(15)7-10/h2-8,15H,1H3,(H,16,17). The van der Waals surface area contributed by atoms with Gasteiger partial charge in [-0.25, -0.2) is 4.79 Å². The lowest BCUT2D eigenvalue weighted by Crippen LogP contribution is -1.99. The summed E-state index contributed by atoms with van der Waals surface area (Å²) in [7, 11) is 0. The van der Waals surface area contributed by atoms with Gasteiger partial charge < -0.3 is 10.2 Å². The van der Waals surface area contributed by atoms with Crippen LogP contribution in [0.3, 0.4) is 0 Å². The second kappa shape index (κ2) is 4.29. The molecule has 2 rings (SSSR count). The number of phenols is 1. The first kappa shape index (κ1) is 11.2. The van der Waals surface area contributed by atoms with Gasteiger partial charge >= 0.3 is 5.97 Å². The van der Waals surface area contributed by atoms with Gasteiger partial charge in [0, 0.05) is 0 Å². The minimum atomic E-state index is -0.940. The van der Waals surface area contributed by atoms with Gasteiger partial charge in [0.15, 0.2) is 0 Å². The van der Waals surface area contributed by atoms with Gasteiger partial charge in [-0.15, -0.1) is 0 Å². The number of phenolic OH excluding ortho intramolecular Hbond substituents is 1. The van der Waals surface area contributed by atoms with Crippen LogP contribution in [0.2, 0.25) is 0 Å². The van der Waals surface area contributed by atoms with Crippen LogP contribution in [0.5, 0.6) is 5.75 Å². The third-order valence-electron chi connectivity index (χ3n) is 2.65. The summed E-state index contributed by atoms with van der Waals surface area (Å²) < 4.78 is 0. The van der Waals surface area contributed by atoms with Crippen molar-refractivity contribution in [3.05, 3.63) is 53.6 Å². The summed E-state index contributed by atoms with van der Waals surface area (Å²) in [4.78, 5) is 11.0. The van der Waals surface area contributed by atoms with Crippen LogP contribution in [-0.4, -0.2) is 16.2 Å². The predicted molar refractivity (Wildman–Crippen MR) is 65.2 cm³/mol. The molecule has 0 aliphatic carbocycles. The van der Waals surface area contributed by atoms with Gasteiger partial charge in [0.25, 0.3) is 0 Å². The number of hydrogen-bond donors (Lipinski definition) is 2. The highest BCUT2D eigenvalue weighted by molar-refractivity contribution is 5.91. The van der Waals surface area contributed by atoms with Crippen LogP contribution in [0.25, 0.3) is 11.1 Å². The number of carbonyl (C=O) groups is 1. The van der Waals surface area contributed by atoms with Gasteiger partial charge in [-0.1, -0.05) is 24.3 Å². The topological polar surface area (TPSA) is 57.5 Å². The summed E-state index contributed by atoms with van der Waals surface area (Å²) in [5.41, 5.74) is 2.59. The first-order valence-electron chi connectivity index (χ1n) is 5.21. The third-order valence-corrected chi connectivity index (χ3v) is 2.65. The van der Waals surface area contributed by atoms with Crippen molar-refractivity contribution in [2.24, 2.45) is 0 Å². The quantitative estimate of drug-likeness (QED) is 0.830. The molecule has 0 radical (unpaired) electrons. The van der Waals surface area contributed by atoms with Crippen LogP contribution in [0.15, 0.2) is 42.5 Å². The average Bonchev–Trinajstić information content (AvgIpc) is 2.29. The Bertz CT molecular complexity index is 573. The van der Waals surface area contributed by atoms with Crippen LogP contribution in [0.4, 0.5) is 0 Å². The molecule has 3 nitrogen and oxygen atoms in total. The van der Waals surface area contributed by atoms with E-state index in [0.717, 1.165) is 16.7 Å². The zero-order chi connectivity index (χ0) is 12.4. The van der Waals surface area contributed by atoms with Crippen molar-refractivity contribution in [2.75, 3.05) is 0 Å². The predicted octanol–water partition coefficient (Wildman–Crippen LogP) is 3.07. The van der Waals surface area contributed by atoms with E-state index >= 15 is 0 Å². The van der Waals surface area contributed by atoms with E-state index in [-0.39, 0.29) is 11.3 Å². The van der Waals surface area contributed by atoms with Crippen LogP contribution in [0.1, 0.15) is 15.9 Å². The average molecular weight is 228 g/mol. The zero-order valence-corrected chi connectivity index (χ0v) is 9.34. The summed E-state index contributed by atoms with van der Waals surface area (Å²) in [6.07, 6.45) is 0. The number of hydrogen-bond acceptors (Lipinski definition) is 2.